The summed E-state index contributed by atoms with van der Waals surface area (Å²) in [6.07, 6.45) is 1.87. The van der Waals surface area contributed by atoms with Crippen LogP contribution in [0.1, 0.15) is 16.8 Å². The summed E-state index contributed by atoms with van der Waals surface area (Å²) in [5.74, 6) is 0. The van der Waals surface area contributed by atoms with Crippen molar-refractivity contribution < 1.29 is 0 Å². The zero-order chi connectivity index (χ0) is 19.7. The van der Waals surface area contributed by atoms with Crippen LogP contribution in [-0.2, 0) is 6.54 Å². The fourth-order valence-corrected chi connectivity index (χ4v) is 3.72. The highest BCUT2D eigenvalue weighted by atomic mass is 35.5. The summed E-state index contributed by atoms with van der Waals surface area (Å²) >= 11 is 6.23. The van der Waals surface area contributed by atoms with Crippen molar-refractivity contribution in [1.82, 2.24) is 19.9 Å². The number of rotatable bonds is 3. The minimum Gasteiger partial charge on any atom is -0.366 e. The van der Waals surface area contributed by atoms with Crippen molar-refractivity contribution in [3.8, 4) is 6.07 Å². The molecule has 1 aliphatic heterocycles. The van der Waals surface area contributed by atoms with E-state index in [0.29, 0.717) is 16.4 Å². The molecule has 0 spiro atoms. The first-order valence-electron chi connectivity index (χ1n) is 9.06. The van der Waals surface area contributed by atoms with E-state index < -0.39 is 0 Å². The van der Waals surface area contributed by atoms with Crippen LogP contribution in [0.15, 0.2) is 35.3 Å². The maximum atomic E-state index is 11.8. The van der Waals surface area contributed by atoms with Crippen molar-refractivity contribution in [2.75, 3.05) is 31.1 Å². The summed E-state index contributed by atoms with van der Waals surface area (Å²) in [5, 5.41) is 9.28. The number of halogens is 1. The minimum atomic E-state index is -0.0760. The number of aromatic amines is 1. The Hall–Kier alpha value is -2.95. The van der Waals surface area contributed by atoms with Gasteiger partial charge < -0.3 is 9.88 Å². The van der Waals surface area contributed by atoms with Crippen LogP contribution in [0.25, 0.3) is 11.0 Å². The predicted molar refractivity (Wildman–Crippen MR) is 109 cm³/mol. The highest BCUT2D eigenvalue weighted by Gasteiger charge is 2.20. The molecule has 1 fully saturated rings. The van der Waals surface area contributed by atoms with Crippen molar-refractivity contribution in [2.24, 2.45) is 0 Å². The third-order valence-corrected chi connectivity index (χ3v) is 5.28. The molecule has 0 atom stereocenters. The second-order valence-corrected chi connectivity index (χ2v) is 7.30. The number of aromatic nitrogens is 3. The Kier molecular flexibility index (Phi) is 4.99. The fourth-order valence-electron chi connectivity index (χ4n) is 3.44. The largest absolute Gasteiger partial charge is 0.366 e. The normalized spacial score (nSPS) is 15.0. The number of H-pyrrole nitrogens is 1. The number of aryl methyl sites for hydroxylation is 1. The molecule has 8 heteroatoms. The molecule has 0 amide bonds. The van der Waals surface area contributed by atoms with Crippen molar-refractivity contribution in [3.05, 3.63) is 62.8 Å². The molecule has 0 unspecified atom stereocenters. The van der Waals surface area contributed by atoms with E-state index >= 15 is 0 Å². The first kappa shape index (κ1) is 18.4. The quantitative estimate of drug-likeness (QED) is 0.686. The van der Waals surface area contributed by atoms with Gasteiger partial charge in [-0.25, -0.2) is 4.98 Å². The summed E-state index contributed by atoms with van der Waals surface area (Å²) in [7, 11) is 0. The van der Waals surface area contributed by atoms with Crippen molar-refractivity contribution in [3.63, 3.8) is 0 Å². The molecule has 0 saturated carbocycles. The fraction of sp³-hybridized carbons (Fsp3) is 0.300. The van der Waals surface area contributed by atoms with E-state index in [9.17, 15) is 4.79 Å². The molecule has 1 aliphatic rings. The first-order chi connectivity index (χ1) is 13.5. The summed E-state index contributed by atoms with van der Waals surface area (Å²) in [4.78, 5) is 27.8. The molecule has 1 saturated heterocycles. The van der Waals surface area contributed by atoms with Gasteiger partial charge >= 0.3 is 0 Å². The molecule has 0 bridgehead atoms. The van der Waals surface area contributed by atoms with Gasteiger partial charge in [0.2, 0.25) is 0 Å². The van der Waals surface area contributed by atoms with Crippen LogP contribution >= 0.6 is 11.6 Å². The van der Waals surface area contributed by atoms with E-state index in [1.165, 1.54) is 0 Å². The standard InChI is InChI=1S/C20H19ClN6O/c1-13-8-16-17(25-20(13)28)9-14(11-23-16)12-26-4-6-27(7-5-26)18-3-2-15(10-22)24-19(18)21/h2-3,8-9,11H,4-7,12H2,1H3,(H,25,28). The number of anilines is 1. The van der Waals surface area contributed by atoms with Crippen LogP contribution in [0.3, 0.4) is 0 Å². The number of hydrogen-bond donors (Lipinski definition) is 1. The first-order valence-corrected chi connectivity index (χ1v) is 9.44. The van der Waals surface area contributed by atoms with E-state index in [2.05, 4.69) is 24.8 Å². The summed E-state index contributed by atoms with van der Waals surface area (Å²) in [6.45, 7) is 5.95. The number of hydrogen-bond acceptors (Lipinski definition) is 6. The molecule has 1 N–H and O–H groups in total. The van der Waals surface area contributed by atoms with Gasteiger partial charge in [-0.3, -0.25) is 14.7 Å². The molecule has 3 aromatic rings. The van der Waals surface area contributed by atoms with Crippen LogP contribution in [-0.4, -0.2) is 46.0 Å². The SMILES string of the molecule is Cc1cc2ncc(CN3CCN(c4ccc(C#N)nc4Cl)CC3)cc2[nH]c1=O. The topological polar surface area (TPSA) is 88.9 Å². The van der Waals surface area contributed by atoms with E-state index in [1.807, 2.05) is 30.5 Å². The molecule has 4 heterocycles. The lowest BCUT2D eigenvalue weighted by molar-refractivity contribution is 0.249. The Labute approximate surface area is 167 Å². The lowest BCUT2D eigenvalue weighted by Crippen LogP contribution is -2.46. The molecule has 4 rings (SSSR count). The Bertz CT molecular complexity index is 1130. The van der Waals surface area contributed by atoms with Gasteiger partial charge in [-0.15, -0.1) is 0 Å². The average molecular weight is 395 g/mol. The average Bonchev–Trinajstić information content (AvgIpc) is 2.70. The Morgan fingerprint density at radius 3 is 2.75 bits per heavy atom. The smallest absolute Gasteiger partial charge is 0.251 e. The summed E-state index contributed by atoms with van der Waals surface area (Å²) in [5.41, 5.74) is 4.41. The zero-order valence-corrected chi connectivity index (χ0v) is 16.2. The van der Waals surface area contributed by atoms with E-state index in [1.54, 1.807) is 13.0 Å². The molecule has 0 aliphatic carbocycles. The Morgan fingerprint density at radius 1 is 1.25 bits per heavy atom. The van der Waals surface area contributed by atoms with Crippen molar-refractivity contribution >= 4 is 28.3 Å². The zero-order valence-electron chi connectivity index (χ0n) is 15.4. The Morgan fingerprint density at radius 2 is 2.04 bits per heavy atom. The highest BCUT2D eigenvalue weighted by molar-refractivity contribution is 6.32. The van der Waals surface area contributed by atoms with Gasteiger partial charge in [0.05, 0.1) is 16.7 Å². The molecule has 142 valence electrons. The van der Waals surface area contributed by atoms with Crippen LogP contribution in [0.5, 0.6) is 0 Å². The number of nitrogens with zero attached hydrogens (tertiary/aromatic N) is 5. The Balaban J connectivity index is 1.43. The number of piperazine rings is 1. The van der Waals surface area contributed by atoms with Crippen LogP contribution in [0.2, 0.25) is 5.15 Å². The molecule has 7 nitrogen and oxygen atoms in total. The van der Waals surface area contributed by atoms with Gasteiger partial charge in [0, 0.05) is 44.5 Å². The van der Waals surface area contributed by atoms with Gasteiger partial charge in [-0.1, -0.05) is 11.6 Å². The maximum Gasteiger partial charge on any atom is 0.251 e. The lowest BCUT2D eigenvalue weighted by atomic mass is 10.2. The molecular formula is C20H19ClN6O. The maximum absolute atomic E-state index is 11.8. The van der Waals surface area contributed by atoms with Gasteiger partial charge in [0.25, 0.3) is 5.56 Å². The minimum absolute atomic E-state index is 0.0760. The van der Waals surface area contributed by atoms with Crippen LogP contribution in [0, 0.1) is 18.3 Å². The second kappa shape index (κ2) is 7.58. The van der Waals surface area contributed by atoms with Crippen molar-refractivity contribution in [2.45, 2.75) is 13.5 Å². The molecule has 3 aromatic heterocycles. The molecular weight excluding hydrogens is 376 g/mol. The molecule has 0 radical (unpaired) electrons. The predicted octanol–water partition coefficient (Wildman–Crippen LogP) is 2.47. The summed E-state index contributed by atoms with van der Waals surface area (Å²) < 4.78 is 0. The van der Waals surface area contributed by atoms with E-state index in [0.717, 1.165) is 55.0 Å². The van der Waals surface area contributed by atoms with Crippen LogP contribution < -0.4 is 10.5 Å². The molecule has 28 heavy (non-hydrogen) atoms. The van der Waals surface area contributed by atoms with E-state index in [-0.39, 0.29) is 5.56 Å². The third kappa shape index (κ3) is 3.70. The van der Waals surface area contributed by atoms with Gasteiger partial charge in [0.1, 0.15) is 11.8 Å². The van der Waals surface area contributed by atoms with Crippen molar-refractivity contribution in [1.29, 1.82) is 5.26 Å². The van der Waals surface area contributed by atoms with Gasteiger partial charge in [0.15, 0.2) is 5.15 Å². The number of pyridine rings is 3. The lowest BCUT2D eigenvalue weighted by Gasteiger charge is -2.36. The van der Waals surface area contributed by atoms with Gasteiger partial charge in [-0.05, 0) is 36.8 Å². The number of nitrogens with one attached hydrogen (secondary N) is 1. The molecule has 0 aromatic carbocycles. The van der Waals surface area contributed by atoms with E-state index in [4.69, 9.17) is 16.9 Å². The van der Waals surface area contributed by atoms with Crippen LogP contribution in [0.4, 0.5) is 5.69 Å². The van der Waals surface area contributed by atoms with Gasteiger partial charge in [-0.2, -0.15) is 5.26 Å². The summed E-state index contributed by atoms with van der Waals surface area (Å²) in [6, 6.07) is 9.36. The number of fused-ring (bicyclic) bond motifs is 1. The highest BCUT2D eigenvalue weighted by Crippen LogP contribution is 2.25. The third-order valence-electron chi connectivity index (χ3n) is 5.00. The number of nitriles is 1. The monoisotopic (exact) mass is 394 g/mol. The second-order valence-electron chi connectivity index (χ2n) is 6.94.